The SMILES string of the molecule is Cl.Nc1nccc(-c2c[nH]c3ccc(F)cc23)n1. The van der Waals surface area contributed by atoms with Crippen LogP contribution in [0.2, 0.25) is 0 Å². The van der Waals surface area contributed by atoms with Crippen molar-refractivity contribution in [2.75, 3.05) is 5.73 Å². The predicted molar refractivity (Wildman–Crippen MR) is 70.9 cm³/mol. The first kappa shape index (κ1) is 12.3. The highest BCUT2D eigenvalue weighted by atomic mass is 35.5. The lowest BCUT2D eigenvalue weighted by Gasteiger charge is -1.99. The number of nitrogens with one attached hydrogen (secondary N) is 1. The summed E-state index contributed by atoms with van der Waals surface area (Å²) < 4.78 is 13.2. The van der Waals surface area contributed by atoms with E-state index in [4.69, 9.17) is 5.73 Å². The number of rotatable bonds is 1. The third-order valence-electron chi connectivity index (χ3n) is 2.59. The number of aromatic amines is 1. The van der Waals surface area contributed by atoms with E-state index in [-0.39, 0.29) is 24.2 Å². The summed E-state index contributed by atoms with van der Waals surface area (Å²) in [6.45, 7) is 0. The molecular weight excluding hydrogens is 255 g/mol. The summed E-state index contributed by atoms with van der Waals surface area (Å²) in [5.74, 6) is -0.0753. The predicted octanol–water partition coefficient (Wildman–Crippen LogP) is 2.77. The summed E-state index contributed by atoms with van der Waals surface area (Å²) in [6.07, 6.45) is 3.36. The Morgan fingerprint density at radius 3 is 2.83 bits per heavy atom. The van der Waals surface area contributed by atoms with Crippen molar-refractivity contribution in [3.05, 3.63) is 42.5 Å². The van der Waals surface area contributed by atoms with Gasteiger partial charge in [-0.1, -0.05) is 0 Å². The van der Waals surface area contributed by atoms with Gasteiger partial charge in [0, 0.05) is 28.9 Å². The summed E-state index contributed by atoms with van der Waals surface area (Å²) in [4.78, 5) is 11.0. The van der Waals surface area contributed by atoms with E-state index in [1.807, 2.05) is 0 Å². The van der Waals surface area contributed by atoms with Crippen molar-refractivity contribution in [1.29, 1.82) is 0 Å². The van der Waals surface area contributed by atoms with Crippen LogP contribution in [-0.2, 0) is 0 Å². The van der Waals surface area contributed by atoms with Gasteiger partial charge in [0.05, 0.1) is 5.69 Å². The average Bonchev–Trinajstić information content (AvgIpc) is 2.71. The van der Waals surface area contributed by atoms with E-state index in [0.29, 0.717) is 5.69 Å². The minimum atomic E-state index is -0.277. The van der Waals surface area contributed by atoms with Crippen LogP contribution in [0.25, 0.3) is 22.2 Å². The first-order chi connectivity index (χ1) is 8.24. The number of hydrogen-bond acceptors (Lipinski definition) is 3. The van der Waals surface area contributed by atoms with Gasteiger partial charge in [-0.2, -0.15) is 0 Å². The number of nitrogen functional groups attached to an aromatic ring is 1. The average molecular weight is 265 g/mol. The lowest BCUT2D eigenvalue weighted by molar-refractivity contribution is 0.630. The Hall–Kier alpha value is -2.14. The summed E-state index contributed by atoms with van der Waals surface area (Å²) >= 11 is 0. The standard InChI is InChI=1S/C12H9FN4.ClH/c13-7-1-2-10-8(5-7)9(6-16-10)11-3-4-15-12(14)17-11;/h1-6,16H,(H2,14,15,17);1H. The van der Waals surface area contributed by atoms with Crippen LogP contribution in [0.4, 0.5) is 10.3 Å². The van der Waals surface area contributed by atoms with Gasteiger partial charge in [0.25, 0.3) is 0 Å². The Balaban J connectivity index is 0.00000120. The van der Waals surface area contributed by atoms with E-state index in [1.54, 1.807) is 24.5 Å². The topological polar surface area (TPSA) is 67.6 Å². The Kier molecular flexibility index (Phi) is 3.16. The molecule has 18 heavy (non-hydrogen) atoms. The van der Waals surface area contributed by atoms with Crippen molar-refractivity contribution in [3.8, 4) is 11.3 Å². The first-order valence-corrected chi connectivity index (χ1v) is 5.09. The van der Waals surface area contributed by atoms with Gasteiger partial charge in [-0.15, -0.1) is 12.4 Å². The van der Waals surface area contributed by atoms with Gasteiger partial charge in [-0.25, -0.2) is 14.4 Å². The van der Waals surface area contributed by atoms with Gasteiger partial charge < -0.3 is 10.7 Å². The molecule has 3 N–H and O–H groups in total. The molecule has 0 amide bonds. The number of hydrogen-bond donors (Lipinski definition) is 2. The normalized spacial score (nSPS) is 10.3. The quantitative estimate of drug-likeness (QED) is 0.710. The van der Waals surface area contributed by atoms with Gasteiger partial charge in [-0.3, -0.25) is 0 Å². The van der Waals surface area contributed by atoms with Crippen molar-refractivity contribution in [1.82, 2.24) is 15.0 Å². The molecule has 0 fully saturated rings. The molecular formula is C12H10ClFN4. The Bertz CT molecular complexity index is 695. The van der Waals surface area contributed by atoms with Crippen LogP contribution in [0.5, 0.6) is 0 Å². The minimum absolute atomic E-state index is 0. The number of fused-ring (bicyclic) bond motifs is 1. The lowest BCUT2D eigenvalue weighted by Crippen LogP contribution is -1.94. The third-order valence-corrected chi connectivity index (χ3v) is 2.59. The summed E-state index contributed by atoms with van der Waals surface area (Å²) in [5, 5.41) is 0.781. The van der Waals surface area contributed by atoms with E-state index in [2.05, 4.69) is 15.0 Å². The van der Waals surface area contributed by atoms with E-state index >= 15 is 0 Å². The molecule has 1 aromatic carbocycles. The molecule has 2 aromatic heterocycles. The lowest BCUT2D eigenvalue weighted by atomic mass is 10.1. The molecule has 0 saturated carbocycles. The molecule has 0 unspecified atom stereocenters. The fourth-order valence-electron chi connectivity index (χ4n) is 1.83. The highest BCUT2D eigenvalue weighted by Gasteiger charge is 2.08. The number of halogens is 2. The number of aromatic nitrogens is 3. The van der Waals surface area contributed by atoms with Crippen molar-refractivity contribution >= 4 is 29.3 Å². The maximum Gasteiger partial charge on any atom is 0.220 e. The molecule has 4 nitrogen and oxygen atoms in total. The maximum atomic E-state index is 13.2. The molecule has 0 aliphatic heterocycles. The van der Waals surface area contributed by atoms with E-state index in [9.17, 15) is 4.39 Å². The van der Waals surface area contributed by atoms with Crippen LogP contribution in [0, 0.1) is 5.82 Å². The summed E-state index contributed by atoms with van der Waals surface area (Å²) in [6, 6.07) is 6.32. The number of H-pyrrole nitrogens is 1. The van der Waals surface area contributed by atoms with Crippen LogP contribution in [0.15, 0.2) is 36.7 Å². The second-order valence-electron chi connectivity index (χ2n) is 3.69. The number of anilines is 1. The number of nitrogens with two attached hydrogens (primary N) is 1. The Morgan fingerprint density at radius 1 is 1.22 bits per heavy atom. The molecule has 92 valence electrons. The molecule has 0 spiro atoms. The summed E-state index contributed by atoms with van der Waals surface area (Å²) in [7, 11) is 0. The minimum Gasteiger partial charge on any atom is -0.368 e. The van der Waals surface area contributed by atoms with Gasteiger partial charge in [0.1, 0.15) is 5.82 Å². The molecule has 0 atom stereocenters. The Morgan fingerprint density at radius 2 is 2.06 bits per heavy atom. The smallest absolute Gasteiger partial charge is 0.220 e. The van der Waals surface area contributed by atoms with Crippen LogP contribution < -0.4 is 5.73 Å². The van der Waals surface area contributed by atoms with Crippen LogP contribution in [0.3, 0.4) is 0 Å². The zero-order valence-electron chi connectivity index (χ0n) is 9.22. The molecule has 6 heteroatoms. The monoisotopic (exact) mass is 264 g/mol. The van der Waals surface area contributed by atoms with Gasteiger partial charge in [0.15, 0.2) is 0 Å². The molecule has 2 heterocycles. The highest BCUT2D eigenvalue weighted by Crippen LogP contribution is 2.27. The largest absolute Gasteiger partial charge is 0.368 e. The van der Waals surface area contributed by atoms with E-state index in [0.717, 1.165) is 16.5 Å². The molecule has 0 aliphatic carbocycles. The second-order valence-corrected chi connectivity index (χ2v) is 3.69. The molecule has 0 bridgehead atoms. The zero-order valence-corrected chi connectivity index (χ0v) is 10.0. The Labute approximate surface area is 108 Å². The van der Waals surface area contributed by atoms with Crippen molar-refractivity contribution in [2.24, 2.45) is 0 Å². The fraction of sp³-hybridized carbons (Fsp3) is 0. The van der Waals surface area contributed by atoms with Crippen molar-refractivity contribution in [2.45, 2.75) is 0 Å². The molecule has 0 aliphatic rings. The van der Waals surface area contributed by atoms with Crippen LogP contribution in [0.1, 0.15) is 0 Å². The van der Waals surface area contributed by atoms with Crippen molar-refractivity contribution in [3.63, 3.8) is 0 Å². The second kappa shape index (κ2) is 4.62. The zero-order chi connectivity index (χ0) is 11.8. The number of benzene rings is 1. The molecule has 3 aromatic rings. The molecule has 0 radical (unpaired) electrons. The van der Waals surface area contributed by atoms with Gasteiger partial charge in [0.2, 0.25) is 5.95 Å². The van der Waals surface area contributed by atoms with E-state index < -0.39 is 0 Å². The van der Waals surface area contributed by atoms with E-state index in [1.165, 1.54) is 12.1 Å². The maximum absolute atomic E-state index is 13.2. The van der Waals surface area contributed by atoms with Crippen molar-refractivity contribution < 1.29 is 4.39 Å². The van der Waals surface area contributed by atoms with Gasteiger partial charge in [-0.05, 0) is 24.3 Å². The fourth-order valence-corrected chi connectivity index (χ4v) is 1.83. The van der Waals surface area contributed by atoms with Gasteiger partial charge >= 0.3 is 0 Å². The summed E-state index contributed by atoms with van der Waals surface area (Å²) in [5.41, 5.74) is 7.88. The highest BCUT2D eigenvalue weighted by molar-refractivity contribution is 5.94. The number of nitrogens with zero attached hydrogens (tertiary/aromatic N) is 2. The van der Waals surface area contributed by atoms with Crippen LogP contribution >= 0.6 is 12.4 Å². The first-order valence-electron chi connectivity index (χ1n) is 5.09. The molecule has 0 saturated heterocycles. The van der Waals surface area contributed by atoms with Crippen LogP contribution in [-0.4, -0.2) is 15.0 Å². The molecule has 3 rings (SSSR count). The third kappa shape index (κ3) is 2.00.